The number of aromatic nitrogens is 3. The maximum absolute atomic E-state index is 12.6. The van der Waals surface area contributed by atoms with Crippen LogP contribution in [0.3, 0.4) is 0 Å². The number of pyridine rings is 1. The van der Waals surface area contributed by atoms with E-state index < -0.39 is 5.97 Å². The van der Waals surface area contributed by atoms with Gasteiger partial charge in [0.25, 0.3) is 11.5 Å². The molecule has 3 heterocycles. The number of nitrogens with one attached hydrogen (secondary N) is 2. The summed E-state index contributed by atoms with van der Waals surface area (Å²) >= 11 is 6.37. The van der Waals surface area contributed by atoms with E-state index in [2.05, 4.69) is 20.6 Å². The molecule has 1 fully saturated rings. The van der Waals surface area contributed by atoms with Gasteiger partial charge in [-0.3, -0.25) is 14.4 Å². The highest BCUT2D eigenvalue weighted by atomic mass is 35.5. The summed E-state index contributed by atoms with van der Waals surface area (Å²) < 4.78 is 6.88. The fraction of sp³-hybridized carbons (Fsp3) is 0.375. The van der Waals surface area contributed by atoms with Crippen LogP contribution in [0, 0.1) is 5.92 Å². The van der Waals surface area contributed by atoms with Gasteiger partial charge in [0.05, 0.1) is 11.7 Å². The van der Waals surface area contributed by atoms with Crippen molar-refractivity contribution in [2.24, 2.45) is 13.0 Å². The van der Waals surface area contributed by atoms with Gasteiger partial charge in [0.1, 0.15) is 5.02 Å². The third kappa shape index (κ3) is 5.68. The second-order valence-corrected chi connectivity index (χ2v) is 9.04. The first-order valence-corrected chi connectivity index (χ1v) is 11.9. The van der Waals surface area contributed by atoms with Gasteiger partial charge in [0, 0.05) is 44.7 Å². The normalized spacial score (nSPS) is 14.0. The van der Waals surface area contributed by atoms with Gasteiger partial charge in [-0.05, 0) is 43.0 Å². The molecular formula is C24H27ClN6O5. The maximum atomic E-state index is 12.6. The third-order valence-corrected chi connectivity index (χ3v) is 6.46. The van der Waals surface area contributed by atoms with Crippen LogP contribution >= 0.6 is 11.6 Å². The van der Waals surface area contributed by atoms with E-state index in [1.54, 1.807) is 19.2 Å². The summed E-state index contributed by atoms with van der Waals surface area (Å²) in [6.07, 6.45) is 3.22. The molecule has 12 heteroatoms. The summed E-state index contributed by atoms with van der Waals surface area (Å²) in [7, 11) is 3.13. The molecule has 1 aliphatic rings. The molecule has 4 rings (SSSR count). The van der Waals surface area contributed by atoms with Gasteiger partial charge in [-0.1, -0.05) is 11.6 Å². The lowest BCUT2D eigenvalue weighted by atomic mass is 9.94. The van der Waals surface area contributed by atoms with Crippen LogP contribution in [0.15, 0.2) is 35.3 Å². The third-order valence-electron chi connectivity index (χ3n) is 6.18. The Morgan fingerprint density at radius 2 is 2.00 bits per heavy atom. The topological polar surface area (TPSA) is 139 Å². The van der Waals surface area contributed by atoms with Crippen LogP contribution in [0.25, 0.3) is 10.9 Å². The van der Waals surface area contributed by atoms with Crippen molar-refractivity contribution in [2.75, 3.05) is 37.0 Å². The summed E-state index contributed by atoms with van der Waals surface area (Å²) in [6.45, 7) is 1.08. The van der Waals surface area contributed by atoms with Gasteiger partial charge in [0.2, 0.25) is 5.95 Å². The molecule has 1 saturated heterocycles. The molecule has 0 bridgehead atoms. The van der Waals surface area contributed by atoms with E-state index in [9.17, 15) is 14.4 Å². The molecule has 0 saturated carbocycles. The Morgan fingerprint density at radius 3 is 2.69 bits per heavy atom. The van der Waals surface area contributed by atoms with Crippen molar-refractivity contribution in [3.05, 3.63) is 45.8 Å². The van der Waals surface area contributed by atoms with Crippen LogP contribution < -0.4 is 25.8 Å². The fourth-order valence-corrected chi connectivity index (χ4v) is 4.31. The van der Waals surface area contributed by atoms with E-state index in [4.69, 9.17) is 21.4 Å². The first-order valence-electron chi connectivity index (χ1n) is 11.5. The number of carboxylic acids is 1. The van der Waals surface area contributed by atoms with Crippen molar-refractivity contribution in [3.63, 3.8) is 0 Å². The molecule has 36 heavy (non-hydrogen) atoms. The van der Waals surface area contributed by atoms with E-state index in [1.807, 2.05) is 17.0 Å². The molecule has 1 aromatic carbocycles. The number of rotatable bonds is 8. The molecule has 0 aliphatic carbocycles. The van der Waals surface area contributed by atoms with Gasteiger partial charge in [0.15, 0.2) is 18.2 Å². The number of carbonyl (C=O) groups excluding carboxylic acids is 1. The summed E-state index contributed by atoms with van der Waals surface area (Å²) in [5.41, 5.74) is 1.03. The Labute approximate surface area is 212 Å². The fourth-order valence-electron chi connectivity index (χ4n) is 4.17. The Kier molecular flexibility index (Phi) is 7.58. The highest BCUT2D eigenvalue weighted by Crippen LogP contribution is 2.29. The molecule has 1 aliphatic heterocycles. The lowest BCUT2D eigenvalue weighted by molar-refractivity contribution is -0.138. The van der Waals surface area contributed by atoms with Crippen LogP contribution in [0.4, 0.5) is 17.5 Å². The van der Waals surface area contributed by atoms with E-state index in [-0.39, 0.29) is 36.2 Å². The van der Waals surface area contributed by atoms with Crippen LogP contribution in [0.1, 0.15) is 19.3 Å². The molecule has 3 aromatic rings. The Hall–Kier alpha value is -3.86. The smallest absolute Gasteiger partial charge is 0.303 e. The first kappa shape index (κ1) is 25.2. The highest BCUT2D eigenvalue weighted by molar-refractivity contribution is 6.32. The molecule has 11 nitrogen and oxygen atoms in total. The molecule has 190 valence electrons. The van der Waals surface area contributed by atoms with Crippen LogP contribution in [-0.2, 0) is 16.6 Å². The molecule has 0 unspecified atom stereocenters. The van der Waals surface area contributed by atoms with Crippen molar-refractivity contribution in [1.29, 1.82) is 0 Å². The minimum absolute atomic E-state index is 0.0689. The molecule has 0 atom stereocenters. The molecule has 0 radical (unpaired) electrons. The standard InChI is InChI=1S/C24H27ClN6O5/c1-26-20(32)13-36-19-11-15-10-16(3-4-18(15)30(2)23(19)35)28-22-17(25)12-27-24(29-22)31-7-5-14(6-8-31)9-21(33)34/h3-4,10-12,14H,5-9,13H2,1-2H3,(H,26,32)(H,33,34)(H,27,28,29). The van der Waals surface area contributed by atoms with Crippen LogP contribution in [-0.4, -0.2) is 58.3 Å². The Bertz CT molecular complexity index is 1350. The number of likely N-dealkylation sites (N-methyl/N-ethyl adjacent to an activating group) is 1. The van der Waals surface area contributed by atoms with Crippen molar-refractivity contribution in [3.8, 4) is 5.75 Å². The minimum Gasteiger partial charge on any atom is -0.481 e. The lowest BCUT2D eigenvalue weighted by Crippen LogP contribution is -2.35. The number of hydrogen-bond donors (Lipinski definition) is 3. The van der Waals surface area contributed by atoms with Gasteiger partial charge in [-0.15, -0.1) is 0 Å². The molecular weight excluding hydrogens is 488 g/mol. The number of hydrogen-bond acceptors (Lipinski definition) is 8. The number of aryl methyl sites for hydroxylation is 1. The zero-order valence-electron chi connectivity index (χ0n) is 20.0. The quantitative estimate of drug-likeness (QED) is 0.413. The number of aliphatic carboxylic acids is 1. The summed E-state index contributed by atoms with van der Waals surface area (Å²) in [4.78, 5) is 46.1. The van der Waals surface area contributed by atoms with Gasteiger partial charge in [-0.25, -0.2) is 4.98 Å². The summed E-state index contributed by atoms with van der Waals surface area (Å²) in [5.74, 6) is 0.0522. The number of amides is 1. The average molecular weight is 515 g/mol. The number of benzene rings is 1. The second-order valence-electron chi connectivity index (χ2n) is 8.63. The summed E-state index contributed by atoms with van der Waals surface area (Å²) in [6, 6.07) is 7.03. The summed E-state index contributed by atoms with van der Waals surface area (Å²) in [5, 5.41) is 15.8. The maximum Gasteiger partial charge on any atom is 0.303 e. The average Bonchev–Trinajstić information content (AvgIpc) is 2.86. The monoisotopic (exact) mass is 514 g/mol. The number of piperidine rings is 1. The number of nitrogens with zero attached hydrogens (tertiary/aromatic N) is 4. The van der Waals surface area contributed by atoms with Crippen LogP contribution in [0.5, 0.6) is 5.75 Å². The van der Waals surface area contributed by atoms with Crippen molar-refractivity contribution in [1.82, 2.24) is 19.9 Å². The number of halogens is 1. The first-order chi connectivity index (χ1) is 17.2. The predicted molar refractivity (Wildman–Crippen MR) is 136 cm³/mol. The van der Waals surface area contributed by atoms with Crippen molar-refractivity contribution < 1.29 is 19.4 Å². The van der Waals surface area contributed by atoms with E-state index in [0.717, 1.165) is 18.2 Å². The van der Waals surface area contributed by atoms with Gasteiger partial charge < -0.3 is 29.9 Å². The number of ether oxygens (including phenoxy) is 1. The van der Waals surface area contributed by atoms with E-state index in [1.165, 1.54) is 17.8 Å². The number of carbonyl (C=O) groups is 2. The Balaban J connectivity index is 1.54. The van der Waals surface area contributed by atoms with Crippen molar-refractivity contribution in [2.45, 2.75) is 19.3 Å². The Morgan fingerprint density at radius 1 is 1.25 bits per heavy atom. The van der Waals surface area contributed by atoms with E-state index in [0.29, 0.717) is 41.1 Å². The highest BCUT2D eigenvalue weighted by Gasteiger charge is 2.23. The molecule has 1 amide bonds. The van der Waals surface area contributed by atoms with Gasteiger partial charge >= 0.3 is 5.97 Å². The molecule has 0 spiro atoms. The zero-order chi connectivity index (χ0) is 25.8. The van der Waals surface area contributed by atoms with Gasteiger partial charge in [-0.2, -0.15) is 4.98 Å². The number of fused-ring (bicyclic) bond motifs is 1. The van der Waals surface area contributed by atoms with Crippen molar-refractivity contribution >= 4 is 51.8 Å². The molecule has 2 aromatic heterocycles. The zero-order valence-corrected chi connectivity index (χ0v) is 20.7. The number of anilines is 3. The SMILES string of the molecule is CNC(=O)COc1cc2cc(Nc3nc(N4CCC(CC(=O)O)CC4)ncc3Cl)ccc2n(C)c1=O. The second kappa shape index (κ2) is 10.8. The lowest BCUT2D eigenvalue weighted by Gasteiger charge is -2.31. The van der Waals surface area contributed by atoms with E-state index >= 15 is 0 Å². The van der Waals surface area contributed by atoms with Crippen LogP contribution in [0.2, 0.25) is 5.02 Å². The largest absolute Gasteiger partial charge is 0.481 e. The minimum atomic E-state index is -0.775. The predicted octanol–water partition coefficient (Wildman–Crippen LogP) is 2.54. The molecule has 3 N–H and O–H groups in total. The number of carboxylic acid groups (broad SMARTS) is 1.